The van der Waals surface area contributed by atoms with Gasteiger partial charge in [-0.1, -0.05) is 76.8 Å². The quantitative estimate of drug-likeness (QED) is 0.300. The molecule has 0 bridgehead atoms. The lowest BCUT2D eigenvalue weighted by atomic mass is 10.1. The molecule has 0 saturated heterocycles. The Morgan fingerprint density at radius 3 is 2.30 bits per heavy atom. The van der Waals surface area contributed by atoms with E-state index in [9.17, 15) is 9.59 Å². The molecule has 0 fully saturated rings. The molecule has 0 spiro atoms. The van der Waals surface area contributed by atoms with Gasteiger partial charge in [-0.05, 0) is 43.5 Å². The number of amides is 1. The van der Waals surface area contributed by atoms with Crippen LogP contribution in [0.3, 0.4) is 0 Å². The number of carbonyl (C=O) groups excluding carboxylic acids is 1. The number of benzene rings is 2. The standard InChI is InChI=1S/C28H37N3O2/c1-4-7-8-9-13-20-26(32)30(21-5-2)25(6-3)27-29-24-19-15-14-18-23(24)28(33)31(27)22-16-11-10-12-17-22/h10-12,14-19,25H,4-9,13,20-21H2,1-3H3. The first kappa shape index (κ1) is 24.7. The van der Waals surface area contributed by atoms with Crippen LogP contribution in [0.1, 0.15) is 84.0 Å². The van der Waals surface area contributed by atoms with Gasteiger partial charge in [-0.3, -0.25) is 14.2 Å². The Labute approximate surface area is 197 Å². The number of rotatable bonds is 12. The normalized spacial score (nSPS) is 12.1. The van der Waals surface area contributed by atoms with Gasteiger partial charge in [0.1, 0.15) is 5.82 Å². The molecule has 1 amide bonds. The van der Waals surface area contributed by atoms with Crippen molar-refractivity contribution < 1.29 is 4.79 Å². The highest BCUT2D eigenvalue weighted by Gasteiger charge is 2.28. The first-order valence-electron chi connectivity index (χ1n) is 12.5. The largest absolute Gasteiger partial charge is 0.333 e. The summed E-state index contributed by atoms with van der Waals surface area (Å²) >= 11 is 0. The lowest BCUT2D eigenvalue weighted by molar-refractivity contribution is -0.134. The second-order valence-electron chi connectivity index (χ2n) is 8.64. The molecule has 0 aliphatic heterocycles. The van der Waals surface area contributed by atoms with Crippen LogP contribution in [-0.2, 0) is 4.79 Å². The summed E-state index contributed by atoms with van der Waals surface area (Å²) in [6, 6.07) is 16.8. The van der Waals surface area contributed by atoms with E-state index in [1.807, 2.05) is 59.5 Å². The van der Waals surface area contributed by atoms with Crippen molar-refractivity contribution >= 4 is 16.8 Å². The van der Waals surface area contributed by atoms with Crippen molar-refractivity contribution in [1.82, 2.24) is 14.5 Å². The number of hydrogen-bond acceptors (Lipinski definition) is 3. The fourth-order valence-corrected chi connectivity index (χ4v) is 4.46. The van der Waals surface area contributed by atoms with Crippen LogP contribution in [-0.4, -0.2) is 26.9 Å². The Kier molecular flexibility index (Phi) is 9.23. The van der Waals surface area contributed by atoms with Gasteiger partial charge in [-0.15, -0.1) is 0 Å². The van der Waals surface area contributed by atoms with E-state index in [2.05, 4.69) is 20.8 Å². The molecule has 33 heavy (non-hydrogen) atoms. The van der Waals surface area contributed by atoms with Crippen LogP contribution in [0, 0.1) is 0 Å². The van der Waals surface area contributed by atoms with E-state index < -0.39 is 0 Å². The summed E-state index contributed by atoms with van der Waals surface area (Å²) < 4.78 is 1.70. The topological polar surface area (TPSA) is 55.2 Å². The van der Waals surface area contributed by atoms with Crippen LogP contribution in [0.15, 0.2) is 59.4 Å². The summed E-state index contributed by atoms with van der Waals surface area (Å²) in [5, 5.41) is 0.587. The van der Waals surface area contributed by atoms with Gasteiger partial charge in [0.25, 0.3) is 5.56 Å². The number of para-hydroxylation sites is 2. The maximum absolute atomic E-state index is 13.6. The zero-order chi connectivity index (χ0) is 23.6. The van der Waals surface area contributed by atoms with E-state index in [0.29, 0.717) is 36.1 Å². The van der Waals surface area contributed by atoms with Crippen LogP contribution < -0.4 is 5.56 Å². The molecule has 0 N–H and O–H groups in total. The van der Waals surface area contributed by atoms with Gasteiger partial charge in [0.2, 0.25) is 5.91 Å². The van der Waals surface area contributed by atoms with Crippen LogP contribution >= 0.6 is 0 Å². The van der Waals surface area contributed by atoms with E-state index in [0.717, 1.165) is 24.9 Å². The Hall–Kier alpha value is -2.95. The highest BCUT2D eigenvalue weighted by molar-refractivity contribution is 5.79. The lowest BCUT2D eigenvalue weighted by Gasteiger charge is -2.32. The van der Waals surface area contributed by atoms with Crippen LogP contribution in [0.25, 0.3) is 16.6 Å². The van der Waals surface area contributed by atoms with Gasteiger partial charge in [0.15, 0.2) is 0 Å². The van der Waals surface area contributed by atoms with Crippen molar-refractivity contribution in [1.29, 1.82) is 0 Å². The van der Waals surface area contributed by atoms with Gasteiger partial charge >= 0.3 is 0 Å². The Balaban J connectivity index is 2.05. The maximum Gasteiger partial charge on any atom is 0.266 e. The summed E-state index contributed by atoms with van der Waals surface area (Å²) in [6.45, 7) is 7.01. The summed E-state index contributed by atoms with van der Waals surface area (Å²) in [5.74, 6) is 0.794. The van der Waals surface area contributed by atoms with Crippen LogP contribution in [0.2, 0.25) is 0 Å². The molecular formula is C28H37N3O2. The van der Waals surface area contributed by atoms with Crippen LogP contribution in [0.5, 0.6) is 0 Å². The Bertz CT molecular complexity index is 1090. The van der Waals surface area contributed by atoms with Crippen molar-refractivity contribution in [3.63, 3.8) is 0 Å². The van der Waals surface area contributed by atoms with E-state index in [4.69, 9.17) is 4.98 Å². The van der Waals surface area contributed by atoms with Crippen LogP contribution in [0.4, 0.5) is 0 Å². The van der Waals surface area contributed by atoms with E-state index in [1.165, 1.54) is 19.3 Å². The zero-order valence-electron chi connectivity index (χ0n) is 20.3. The third kappa shape index (κ3) is 5.89. The predicted molar refractivity (Wildman–Crippen MR) is 136 cm³/mol. The summed E-state index contributed by atoms with van der Waals surface area (Å²) in [5.41, 5.74) is 1.35. The molecule has 0 aliphatic rings. The zero-order valence-corrected chi connectivity index (χ0v) is 20.3. The number of hydrogen-bond donors (Lipinski definition) is 0. The molecule has 1 heterocycles. The SMILES string of the molecule is CCCCCCCC(=O)N(CCC)C(CC)c1nc2ccccc2c(=O)n1-c1ccccc1. The minimum absolute atomic E-state index is 0.0938. The second kappa shape index (κ2) is 12.3. The maximum atomic E-state index is 13.6. The van der Waals surface area contributed by atoms with E-state index >= 15 is 0 Å². The van der Waals surface area contributed by atoms with Crippen molar-refractivity contribution in [3.8, 4) is 5.69 Å². The highest BCUT2D eigenvalue weighted by atomic mass is 16.2. The third-order valence-electron chi connectivity index (χ3n) is 6.16. The smallest absolute Gasteiger partial charge is 0.266 e. The summed E-state index contributed by atoms with van der Waals surface area (Å²) in [7, 11) is 0. The lowest BCUT2D eigenvalue weighted by Crippen LogP contribution is -2.39. The molecule has 5 heteroatoms. The first-order chi connectivity index (χ1) is 16.1. The molecule has 1 atom stereocenters. The van der Waals surface area contributed by atoms with Crippen molar-refractivity contribution in [2.45, 2.75) is 78.2 Å². The summed E-state index contributed by atoms with van der Waals surface area (Å²) in [6.07, 6.45) is 7.68. The Morgan fingerprint density at radius 1 is 0.909 bits per heavy atom. The molecule has 3 rings (SSSR count). The monoisotopic (exact) mass is 447 g/mol. The molecule has 0 radical (unpaired) electrons. The minimum Gasteiger partial charge on any atom is -0.333 e. The first-order valence-corrected chi connectivity index (χ1v) is 12.5. The minimum atomic E-state index is -0.259. The van der Waals surface area contributed by atoms with Crippen molar-refractivity contribution in [3.05, 3.63) is 70.8 Å². The average Bonchev–Trinajstić information content (AvgIpc) is 2.84. The molecule has 1 unspecified atom stereocenters. The number of carbonyl (C=O) groups is 1. The van der Waals surface area contributed by atoms with Gasteiger partial charge in [-0.25, -0.2) is 4.98 Å². The van der Waals surface area contributed by atoms with Gasteiger partial charge < -0.3 is 4.90 Å². The molecule has 5 nitrogen and oxygen atoms in total. The third-order valence-corrected chi connectivity index (χ3v) is 6.16. The predicted octanol–water partition coefficient (Wildman–Crippen LogP) is 6.44. The molecule has 0 aliphatic carbocycles. The molecular weight excluding hydrogens is 410 g/mol. The fraction of sp³-hybridized carbons (Fsp3) is 0.464. The number of fused-ring (bicyclic) bond motifs is 1. The summed E-state index contributed by atoms with van der Waals surface area (Å²) in [4.78, 5) is 33.9. The highest BCUT2D eigenvalue weighted by Crippen LogP contribution is 2.27. The van der Waals surface area contributed by atoms with Crippen molar-refractivity contribution in [2.75, 3.05) is 6.54 Å². The van der Waals surface area contributed by atoms with E-state index in [-0.39, 0.29) is 17.5 Å². The van der Waals surface area contributed by atoms with Gasteiger partial charge in [0.05, 0.1) is 22.6 Å². The molecule has 1 aromatic heterocycles. The van der Waals surface area contributed by atoms with Crippen molar-refractivity contribution in [2.24, 2.45) is 0 Å². The number of aromatic nitrogens is 2. The number of nitrogens with zero attached hydrogens (tertiary/aromatic N) is 3. The number of unbranched alkanes of at least 4 members (excludes halogenated alkanes) is 4. The molecule has 176 valence electrons. The molecule has 3 aromatic rings. The molecule has 0 saturated carbocycles. The van der Waals surface area contributed by atoms with Gasteiger partial charge in [0, 0.05) is 13.0 Å². The second-order valence-corrected chi connectivity index (χ2v) is 8.64. The van der Waals surface area contributed by atoms with Gasteiger partial charge in [-0.2, -0.15) is 0 Å². The Morgan fingerprint density at radius 2 is 1.61 bits per heavy atom. The fourth-order valence-electron chi connectivity index (χ4n) is 4.46. The molecule has 2 aromatic carbocycles. The average molecular weight is 448 g/mol. The van der Waals surface area contributed by atoms with E-state index in [1.54, 1.807) is 4.57 Å².